The highest BCUT2D eigenvalue weighted by molar-refractivity contribution is 6.30. The molecule has 1 aliphatic carbocycles. The molecule has 1 aromatic carbocycles. The number of carbonyl (C=O) groups excluding carboxylic acids is 1. The molecule has 1 saturated carbocycles. The molecule has 158 valence electrons. The Morgan fingerprint density at radius 2 is 2.06 bits per heavy atom. The minimum atomic E-state index is -0.0569. The van der Waals surface area contributed by atoms with Crippen LogP contribution in [0, 0.1) is 0 Å². The number of anilines is 3. The van der Waals surface area contributed by atoms with Crippen molar-refractivity contribution >= 4 is 47.4 Å². The van der Waals surface area contributed by atoms with Crippen LogP contribution in [0.15, 0.2) is 30.3 Å². The Labute approximate surface area is 184 Å². The second-order valence-corrected chi connectivity index (χ2v) is 8.02. The molecule has 0 radical (unpaired) electrons. The zero-order chi connectivity index (χ0) is 21.2. The number of aromatic amines is 1. The van der Waals surface area contributed by atoms with E-state index in [1.165, 1.54) is 12.8 Å². The number of carbonyl (C=O) groups is 1. The van der Waals surface area contributed by atoms with Gasteiger partial charge in [0.1, 0.15) is 0 Å². The second kappa shape index (κ2) is 8.35. The van der Waals surface area contributed by atoms with Crippen molar-refractivity contribution in [1.82, 2.24) is 30.5 Å². The lowest BCUT2D eigenvalue weighted by Gasteiger charge is -2.26. The number of hydrogen-bond acceptors (Lipinski definition) is 7. The van der Waals surface area contributed by atoms with Crippen LogP contribution >= 0.6 is 11.6 Å². The molecular formula is C21H21ClN8O. The normalized spacial score (nSPS) is 16.5. The van der Waals surface area contributed by atoms with Gasteiger partial charge in [-0.1, -0.05) is 29.8 Å². The van der Waals surface area contributed by atoms with Crippen molar-refractivity contribution in [3.05, 3.63) is 52.4 Å². The number of piperazine rings is 1. The van der Waals surface area contributed by atoms with Gasteiger partial charge in [0.25, 0.3) is 0 Å². The zero-order valence-electron chi connectivity index (χ0n) is 16.7. The first kappa shape index (κ1) is 19.5. The van der Waals surface area contributed by atoms with Gasteiger partial charge in [-0.2, -0.15) is 20.1 Å². The molecule has 5 rings (SSSR count). The quantitative estimate of drug-likeness (QED) is 0.544. The summed E-state index contributed by atoms with van der Waals surface area (Å²) in [6.07, 6.45) is 6.06. The van der Waals surface area contributed by atoms with Crippen LogP contribution in [0.3, 0.4) is 0 Å². The van der Waals surface area contributed by atoms with Gasteiger partial charge in [-0.15, -0.1) is 0 Å². The topological polar surface area (TPSA) is 112 Å². The molecule has 0 bridgehead atoms. The monoisotopic (exact) mass is 436 g/mol. The molecule has 2 aromatic heterocycles. The van der Waals surface area contributed by atoms with Gasteiger partial charge in [0.05, 0.1) is 6.54 Å². The van der Waals surface area contributed by atoms with E-state index < -0.39 is 0 Å². The van der Waals surface area contributed by atoms with Crippen LogP contribution in [0.1, 0.15) is 35.8 Å². The lowest BCUT2D eigenvalue weighted by Crippen LogP contribution is -2.48. The Morgan fingerprint density at radius 1 is 1.16 bits per heavy atom. The van der Waals surface area contributed by atoms with Crippen molar-refractivity contribution in [2.24, 2.45) is 0 Å². The molecule has 0 atom stereocenters. The fraction of sp³-hybridized carbons (Fsp3) is 0.286. The Morgan fingerprint density at radius 3 is 2.87 bits per heavy atom. The summed E-state index contributed by atoms with van der Waals surface area (Å²) in [7, 11) is 0. The second-order valence-electron chi connectivity index (χ2n) is 7.58. The molecule has 9 nitrogen and oxygen atoms in total. The number of aromatic nitrogens is 5. The van der Waals surface area contributed by atoms with Crippen LogP contribution < -0.4 is 15.5 Å². The number of hydrogen-bond donors (Lipinski definition) is 3. The summed E-state index contributed by atoms with van der Waals surface area (Å²) in [6.45, 7) is 1.38. The summed E-state index contributed by atoms with van der Waals surface area (Å²) in [4.78, 5) is 27.3. The molecule has 1 saturated heterocycles. The van der Waals surface area contributed by atoms with Crippen LogP contribution in [-0.4, -0.2) is 50.7 Å². The smallest absolute Gasteiger partial charge is 0.239 e. The molecule has 2 fully saturated rings. The highest BCUT2D eigenvalue weighted by Crippen LogP contribution is 2.39. The van der Waals surface area contributed by atoms with Gasteiger partial charge in [-0.3, -0.25) is 9.89 Å². The predicted molar refractivity (Wildman–Crippen MR) is 119 cm³/mol. The van der Waals surface area contributed by atoms with Gasteiger partial charge in [-0.25, -0.2) is 0 Å². The van der Waals surface area contributed by atoms with Gasteiger partial charge < -0.3 is 15.5 Å². The summed E-state index contributed by atoms with van der Waals surface area (Å²) in [6, 6.07) is 9.49. The van der Waals surface area contributed by atoms with Gasteiger partial charge in [0, 0.05) is 35.8 Å². The van der Waals surface area contributed by atoms with Crippen molar-refractivity contribution < 1.29 is 4.79 Å². The maximum absolute atomic E-state index is 11.8. The van der Waals surface area contributed by atoms with Crippen LogP contribution in [0.2, 0.25) is 5.02 Å². The van der Waals surface area contributed by atoms with Gasteiger partial charge in [-0.05, 0) is 36.6 Å². The van der Waals surface area contributed by atoms with E-state index in [1.807, 2.05) is 41.3 Å². The number of amides is 1. The Hall–Kier alpha value is -3.46. The van der Waals surface area contributed by atoms with E-state index in [2.05, 4.69) is 35.8 Å². The van der Waals surface area contributed by atoms with E-state index >= 15 is 0 Å². The number of rotatable bonds is 6. The Balaban J connectivity index is 1.44. The Kier molecular flexibility index (Phi) is 5.25. The molecule has 3 N–H and O–H groups in total. The van der Waals surface area contributed by atoms with E-state index in [9.17, 15) is 4.79 Å². The van der Waals surface area contributed by atoms with E-state index in [0.29, 0.717) is 47.6 Å². The molecule has 10 heteroatoms. The highest BCUT2D eigenvalue weighted by atomic mass is 35.5. The third kappa shape index (κ3) is 4.83. The SMILES string of the molecule is O=C1CN(c2nc(/C=C/c3cccc(Cl)c3)nc(Nc3cc(C4CC4)[nH]n3)n2)CCN1. The van der Waals surface area contributed by atoms with Crippen molar-refractivity contribution in [2.75, 3.05) is 29.9 Å². The molecule has 3 heterocycles. The van der Waals surface area contributed by atoms with Crippen molar-refractivity contribution in [1.29, 1.82) is 0 Å². The molecule has 1 amide bonds. The van der Waals surface area contributed by atoms with E-state index in [-0.39, 0.29) is 12.5 Å². The third-order valence-electron chi connectivity index (χ3n) is 5.09. The molecule has 3 aromatic rings. The highest BCUT2D eigenvalue weighted by Gasteiger charge is 2.26. The van der Waals surface area contributed by atoms with Crippen molar-refractivity contribution in [3.63, 3.8) is 0 Å². The lowest BCUT2D eigenvalue weighted by atomic mass is 10.2. The molecule has 31 heavy (non-hydrogen) atoms. The number of H-pyrrole nitrogens is 1. The maximum atomic E-state index is 11.8. The molecule has 1 aliphatic heterocycles. The summed E-state index contributed by atoms with van der Waals surface area (Å²) in [5.74, 6) is 2.45. The summed E-state index contributed by atoms with van der Waals surface area (Å²) in [5, 5.41) is 14.0. The maximum Gasteiger partial charge on any atom is 0.239 e. The molecular weight excluding hydrogens is 416 g/mol. The zero-order valence-corrected chi connectivity index (χ0v) is 17.4. The summed E-state index contributed by atoms with van der Waals surface area (Å²) in [5.41, 5.74) is 2.05. The first-order valence-electron chi connectivity index (χ1n) is 10.2. The number of nitrogens with one attached hydrogen (secondary N) is 3. The molecule has 2 aliphatic rings. The predicted octanol–water partition coefficient (Wildman–Crippen LogP) is 2.98. The fourth-order valence-corrected chi connectivity index (χ4v) is 3.56. The third-order valence-corrected chi connectivity index (χ3v) is 5.33. The van der Waals surface area contributed by atoms with E-state index in [4.69, 9.17) is 11.6 Å². The fourth-order valence-electron chi connectivity index (χ4n) is 3.36. The summed E-state index contributed by atoms with van der Waals surface area (Å²) < 4.78 is 0. The minimum absolute atomic E-state index is 0.0569. The molecule has 0 spiro atoms. The van der Waals surface area contributed by atoms with Crippen molar-refractivity contribution in [2.45, 2.75) is 18.8 Å². The first-order chi connectivity index (χ1) is 15.1. The largest absolute Gasteiger partial charge is 0.353 e. The van der Waals surface area contributed by atoms with Crippen LogP contribution in [0.5, 0.6) is 0 Å². The number of benzene rings is 1. The first-order valence-corrected chi connectivity index (χ1v) is 10.5. The summed E-state index contributed by atoms with van der Waals surface area (Å²) >= 11 is 6.07. The van der Waals surface area contributed by atoms with Crippen LogP contribution in [0.25, 0.3) is 12.2 Å². The van der Waals surface area contributed by atoms with Crippen LogP contribution in [0.4, 0.5) is 17.7 Å². The van der Waals surface area contributed by atoms with E-state index in [1.54, 1.807) is 6.08 Å². The number of halogens is 1. The average Bonchev–Trinajstić information content (AvgIpc) is 3.51. The van der Waals surface area contributed by atoms with Gasteiger partial charge in [0.15, 0.2) is 11.6 Å². The average molecular weight is 437 g/mol. The number of nitrogens with zero attached hydrogens (tertiary/aromatic N) is 5. The minimum Gasteiger partial charge on any atom is -0.353 e. The lowest BCUT2D eigenvalue weighted by molar-refractivity contribution is -0.120. The van der Waals surface area contributed by atoms with Gasteiger partial charge >= 0.3 is 0 Å². The Bertz CT molecular complexity index is 1140. The molecule has 0 unspecified atom stereocenters. The van der Waals surface area contributed by atoms with Gasteiger partial charge in [0.2, 0.25) is 17.8 Å². The van der Waals surface area contributed by atoms with Crippen LogP contribution in [-0.2, 0) is 4.79 Å². The standard InChI is InChI=1S/C21H21ClN8O/c22-15-3-1-2-13(10-15)4-7-17-24-20(25-18-11-16(28-29-18)14-5-6-14)27-21(26-17)30-9-8-23-19(31)12-30/h1-4,7,10-11,14H,5-6,8-9,12H2,(H,23,31)(H2,24,25,26,27,28,29)/b7-4+. The van der Waals surface area contributed by atoms with E-state index in [0.717, 1.165) is 11.3 Å². The van der Waals surface area contributed by atoms with Crippen molar-refractivity contribution in [3.8, 4) is 0 Å².